The Balaban J connectivity index is 2.07. The van der Waals surface area contributed by atoms with E-state index in [9.17, 15) is 4.79 Å². The van der Waals surface area contributed by atoms with E-state index in [2.05, 4.69) is 4.99 Å². The number of thiazole rings is 1. The minimum atomic E-state index is -0.209. The second-order valence-corrected chi connectivity index (χ2v) is 7.00. The molecule has 0 atom stereocenters. The van der Waals surface area contributed by atoms with Crippen LogP contribution in [0.25, 0.3) is 10.2 Å². The van der Waals surface area contributed by atoms with Crippen LogP contribution in [0, 0.1) is 0 Å². The van der Waals surface area contributed by atoms with Gasteiger partial charge < -0.3 is 14.0 Å². The molecule has 0 fully saturated rings. The van der Waals surface area contributed by atoms with Gasteiger partial charge in [0.15, 0.2) is 4.80 Å². The van der Waals surface area contributed by atoms with Gasteiger partial charge in [0.1, 0.15) is 21.7 Å². The first-order valence-corrected chi connectivity index (χ1v) is 9.33. The highest BCUT2D eigenvalue weighted by atomic mass is 35.5. The van der Waals surface area contributed by atoms with Crippen molar-refractivity contribution in [2.75, 3.05) is 14.2 Å². The zero-order chi connectivity index (χ0) is 18.7. The number of aromatic nitrogens is 1. The maximum atomic E-state index is 12.5. The molecule has 3 aromatic rings. The van der Waals surface area contributed by atoms with E-state index in [1.165, 1.54) is 11.3 Å². The van der Waals surface area contributed by atoms with E-state index in [1.54, 1.807) is 26.4 Å². The number of hydrogen-bond acceptors (Lipinski definition) is 4. The van der Waals surface area contributed by atoms with Crippen LogP contribution in [0.3, 0.4) is 0 Å². The molecule has 3 rings (SSSR count). The third-order valence-electron chi connectivity index (χ3n) is 4.00. The lowest BCUT2D eigenvalue weighted by molar-refractivity contribution is -0.117. The van der Waals surface area contributed by atoms with Crippen LogP contribution in [-0.2, 0) is 17.8 Å². The number of nitrogens with zero attached hydrogens (tertiary/aromatic N) is 2. The first-order chi connectivity index (χ1) is 12.6. The van der Waals surface area contributed by atoms with Gasteiger partial charge >= 0.3 is 0 Å². The minimum Gasteiger partial charge on any atom is -0.495 e. The van der Waals surface area contributed by atoms with Crippen molar-refractivity contribution in [1.29, 1.82) is 0 Å². The SMILES string of the molecule is CCn1c(=NC(=O)Cc2ccc(Cl)cc2)sc2c(OC)ccc(OC)c21. The molecule has 26 heavy (non-hydrogen) atoms. The van der Waals surface area contributed by atoms with Gasteiger partial charge in [0.2, 0.25) is 0 Å². The maximum Gasteiger partial charge on any atom is 0.252 e. The van der Waals surface area contributed by atoms with Gasteiger partial charge in [-0.2, -0.15) is 4.99 Å². The number of halogens is 1. The van der Waals surface area contributed by atoms with Crippen LogP contribution in [0.1, 0.15) is 12.5 Å². The third kappa shape index (κ3) is 3.61. The van der Waals surface area contributed by atoms with Crippen molar-refractivity contribution in [2.24, 2.45) is 4.99 Å². The second kappa shape index (κ2) is 7.93. The lowest BCUT2D eigenvalue weighted by atomic mass is 10.1. The molecule has 5 nitrogen and oxygen atoms in total. The zero-order valence-corrected chi connectivity index (χ0v) is 16.4. The van der Waals surface area contributed by atoms with E-state index < -0.39 is 0 Å². The van der Waals surface area contributed by atoms with Crippen molar-refractivity contribution in [1.82, 2.24) is 4.57 Å². The van der Waals surface area contributed by atoms with E-state index in [0.29, 0.717) is 16.4 Å². The van der Waals surface area contributed by atoms with Crippen molar-refractivity contribution in [3.63, 3.8) is 0 Å². The first kappa shape index (κ1) is 18.5. The summed E-state index contributed by atoms with van der Waals surface area (Å²) in [6.07, 6.45) is 0.226. The molecule has 136 valence electrons. The highest BCUT2D eigenvalue weighted by Crippen LogP contribution is 2.35. The van der Waals surface area contributed by atoms with Crippen LogP contribution in [-0.4, -0.2) is 24.7 Å². The lowest BCUT2D eigenvalue weighted by Crippen LogP contribution is -2.16. The van der Waals surface area contributed by atoms with Crippen molar-refractivity contribution >= 4 is 39.1 Å². The Morgan fingerprint density at radius 2 is 1.77 bits per heavy atom. The number of rotatable bonds is 5. The summed E-state index contributed by atoms with van der Waals surface area (Å²) in [6, 6.07) is 10.9. The molecular formula is C19H19ClN2O3S. The Kier molecular flexibility index (Phi) is 5.64. The Morgan fingerprint density at radius 3 is 2.38 bits per heavy atom. The van der Waals surface area contributed by atoms with Gasteiger partial charge in [-0.3, -0.25) is 4.79 Å². The molecule has 1 heterocycles. The highest BCUT2D eigenvalue weighted by molar-refractivity contribution is 7.16. The topological polar surface area (TPSA) is 52.8 Å². The predicted octanol–water partition coefficient (Wildman–Crippen LogP) is 4.06. The fraction of sp³-hybridized carbons (Fsp3) is 0.263. The molecule has 0 unspecified atom stereocenters. The van der Waals surface area contributed by atoms with Crippen molar-refractivity contribution in [3.8, 4) is 11.5 Å². The van der Waals surface area contributed by atoms with E-state index in [0.717, 1.165) is 27.3 Å². The molecule has 7 heteroatoms. The number of benzene rings is 2. The first-order valence-electron chi connectivity index (χ1n) is 8.13. The van der Waals surface area contributed by atoms with Crippen LogP contribution in [0.15, 0.2) is 41.4 Å². The van der Waals surface area contributed by atoms with E-state index in [4.69, 9.17) is 21.1 Å². The van der Waals surface area contributed by atoms with Crippen LogP contribution in [0.2, 0.25) is 5.02 Å². The average Bonchev–Trinajstić information content (AvgIpc) is 3.00. The van der Waals surface area contributed by atoms with Gasteiger partial charge in [-0.1, -0.05) is 35.1 Å². The van der Waals surface area contributed by atoms with Crippen LogP contribution in [0.4, 0.5) is 0 Å². The predicted molar refractivity (Wildman–Crippen MR) is 104 cm³/mol. The number of methoxy groups -OCH3 is 2. The van der Waals surface area contributed by atoms with Gasteiger partial charge in [0.25, 0.3) is 5.91 Å². The molecule has 0 N–H and O–H groups in total. The molecule has 0 bridgehead atoms. The zero-order valence-electron chi connectivity index (χ0n) is 14.8. The Hall–Kier alpha value is -2.31. The fourth-order valence-corrected chi connectivity index (χ4v) is 4.10. The number of carbonyl (C=O) groups is 1. The third-order valence-corrected chi connectivity index (χ3v) is 5.34. The number of aryl methyl sites for hydroxylation is 1. The van der Waals surface area contributed by atoms with E-state index in [-0.39, 0.29) is 12.3 Å². The molecule has 0 radical (unpaired) electrons. The Morgan fingerprint density at radius 1 is 1.12 bits per heavy atom. The smallest absolute Gasteiger partial charge is 0.252 e. The normalized spacial score (nSPS) is 11.8. The quantitative estimate of drug-likeness (QED) is 0.660. The van der Waals surface area contributed by atoms with E-state index in [1.807, 2.05) is 35.8 Å². The minimum absolute atomic E-state index is 0.209. The molecule has 0 aliphatic carbocycles. The molecule has 2 aromatic carbocycles. The van der Waals surface area contributed by atoms with Gasteiger partial charge in [0.05, 0.1) is 20.6 Å². The molecule has 0 saturated carbocycles. The summed E-state index contributed by atoms with van der Waals surface area (Å²) in [7, 11) is 3.25. The van der Waals surface area contributed by atoms with Crippen molar-refractivity contribution in [2.45, 2.75) is 19.9 Å². The molecule has 0 saturated heterocycles. The maximum absolute atomic E-state index is 12.5. The van der Waals surface area contributed by atoms with Gasteiger partial charge in [-0.05, 0) is 36.8 Å². The van der Waals surface area contributed by atoms with E-state index >= 15 is 0 Å². The lowest BCUT2D eigenvalue weighted by Gasteiger charge is -2.08. The Labute approximate surface area is 160 Å². The summed E-state index contributed by atoms with van der Waals surface area (Å²) >= 11 is 7.31. The highest BCUT2D eigenvalue weighted by Gasteiger charge is 2.15. The van der Waals surface area contributed by atoms with Crippen molar-refractivity contribution < 1.29 is 14.3 Å². The van der Waals surface area contributed by atoms with Crippen molar-refractivity contribution in [3.05, 3.63) is 51.8 Å². The number of hydrogen-bond donors (Lipinski definition) is 0. The number of fused-ring (bicyclic) bond motifs is 1. The average molecular weight is 391 g/mol. The molecule has 0 aliphatic rings. The number of amides is 1. The van der Waals surface area contributed by atoms with Crippen LogP contribution < -0.4 is 14.3 Å². The fourth-order valence-electron chi connectivity index (χ4n) is 2.76. The second-order valence-electron chi connectivity index (χ2n) is 5.59. The molecule has 1 amide bonds. The molecule has 0 aliphatic heterocycles. The molecule has 1 aromatic heterocycles. The summed E-state index contributed by atoms with van der Waals surface area (Å²) in [5, 5.41) is 0.644. The Bertz CT molecular complexity index is 1010. The van der Waals surface area contributed by atoms with Crippen LogP contribution in [0.5, 0.6) is 11.5 Å². The summed E-state index contributed by atoms with van der Waals surface area (Å²) < 4.78 is 13.8. The largest absolute Gasteiger partial charge is 0.495 e. The number of ether oxygens (including phenoxy) is 2. The monoisotopic (exact) mass is 390 g/mol. The summed E-state index contributed by atoms with van der Waals surface area (Å²) in [4.78, 5) is 17.4. The van der Waals surface area contributed by atoms with Gasteiger partial charge in [-0.25, -0.2) is 0 Å². The number of carbonyl (C=O) groups excluding carboxylic acids is 1. The molecule has 0 spiro atoms. The van der Waals surface area contributed by atoms with Gasteiger partial charge in [0, 0.05) is 11.6 Å². The summed E-state index contributed by atoms with van der Waals surface area (Å²) in [6.45, 7) is 2.67. The summed E-state index contributed by atoms with van der Waals surface area (Å²) in [5.74, 6) is 1.25. The van der Waals surface area contributed by atoms with Gasteiger partial charge in [-0.15, -0.1) is 0 Å². The molecular weight excluding hydrogens is 372 g/mol. The summed E-state index contributed by atoms with van der Waals surface area (Å²) in [5.41, 5.74) is 1.76. The van der Waals surface area contributed by atoms with Crippen LogP contribution >= 0.6 is 22.9 Å². The standard InChI is InChI=1S/C19H19ClN2O3S/c1-4-22-17-14(24-2)9-10-15(25-3)18(17)26-19(22)21-16(23)11-12-5-7-13(20)8-6-12/h5-10H,4,11H2,1-3H3.